The number of ether oxygens (including phenoxy) is 9. The van der Waals surface area contributed by atoms with Crippen molar-refractivity contribution in [3.05, 3.63) is 108 Å². The lowest BCUT2D eigenvalue weighted by molar-refractivity contribution is -0.369. The smallest absolute Gasteiger partial charge is 0.410 e. The van der Waals surface area contributed by atoms with E-state index in [0.717, 1.165) is 12.0 Å². The van der Waals surface area contributed by atoms with Gasteiger partial charge in [-0.1, -0.05) is 113 Å². The molecule has 0 spiro atoms. The van der Waals surface area contributed by atoms with Gasteiger partial charge < -0.3 is 53.3 Å². The summed E-state index contributed by atoms with van der Waals surface area (Å²) >= 11 is 0. The van der Waals surface area contributed by atoms with Gasteiger partial charge in [-0.15, -0.1) is 0 Å². The molecular weight excluding hydrogens is 870 g/mol. The predicted molar refractivity (Wildman–Crippen MR) is 238 cm³/mol. The Morgan fingerprint density at radius 3 is 1.87 bits per heavy atom. The van der Waals surface area contributed by atoms with Crippen LogP contribution in [0.5, 0.6) is 0 Å². The Bertz CT molecular complexity index is 2140. The Labute approximate surface area is 390 Å². The van der Waals surface area contributed by atoms with Crippen LogP contribution in [0.15, 0.2) is 91.0 Å². The summed E-state index contributed by atoms with van der Waals surface area (Å²) in [6.45, 7) is 10.2. The number of esters is 1. The number of hydrogen-bond donors (Lipinski definition) is 2. The van der Waals surface area contributed by atoms with E-state index < -0.39 is 104 Å². The van der Waals surface area contributed by atoms with E-state index in [9.17, 15) is 19.2 Å². The van der Waals surface area contributed by atoms with Crippen molar-refractivity contribution in [3.8, 4) is 0 Å². The number of benzene rings is 3. The van der Waals surface area contributed by atoms with E-state index in [4.69, 9.17) is 42.6 Å². The highest BCUT2D eigenvalue weighted by molar-refractivity contribution is 5.89. The van der Waals surface area contributed by atoms with E-state index in [-0.39, 0.29) is 37.2 Å². The third-order valence-corrected chi connectivity index (χ3v) is 14.1. The summed E-state index contributed by atoms with van der Waals surface area (Å²) in [4.78, 5) is 55.2. The molecule has 1 aliphatic carbocycles. The van der Waals surface area contributed by atoms with Gasteiger partial charge in [-0.2, -0.15) is 0 Å². The van der Waals surface area contributed by atoms with Crippen LogP contribution in [0.3, 0.4) is 0 Å². The summed E-state index contributed by atoms with van der Waals surface area (Å²) in [5.74, 6) is -0.630. The molecule has 0 bridgehead atoms. The lowest BCUT2D eigenvalue weighted by atomic mass is 9.78. The molecule has 0 radical (unpaired) electrons. The van der Waals surface area contributed by atoms with Crippen LogP contribution in [0.25, 0.3) is 0 Å². The van der Waals surface area contributed by atoms with Crippen molar-refractivity contribution in [2.75, 3.05) is 7.05 Å². The molecule has 3 aromatic carbocycles. The van der Waals surface area contributed by atoms with Gasteiger partial charge in [0.1, 0.15) is 31.5 Å². The first kappa shape index (κ1) is 48.1. The third kappa shape index (κ3) is 10.9. The van der Waals surface area contributed by atoms with Crippen LogP contribution in [0, 0.1) is 23.7 Å². The predicted octanol–water partition coefficient (Wildman–Crippen LogP) is 7.28. The van der Waals surface area contributed by atoms with Crippen LogP contribution in [0.2, 0.25) is 0 Å². The maximum Gasteiger partial charge on any atom is 0.410 e. The van der Waals surface area contributed by atoms with Gasteiger partial charge in [0.15, 0.2) is 37.2 Å². The molecule has 67 heavy (non-hydrogen) atoms. The number of alkyl carbamates (subject to hydrolysis) is 2. The van der Waals surface area contributed by atoms with Crippen LogP contribution in [-0.4, -0.2) is 116 Å². The Morgan fingerprint density at radius 1 is 0.687 bits per heavy atom. The SMILES string of the molecule is CCC1O[C@H](OC2O[C@H]3CC(C)[C@@H](O[C@@H]4C(NC(=O)OCc5ccccc5)C[C@@H](NC(=O)OCc5ccccc5)C(OC(=O)c5ccccc5)[C@H]4F)OC3C3OC(=O)N(C)C23)C(C)[C@@H](C)[C@@H]1C. The van der Waals surface area contributed by atoms with Crippen LogP contribution in [0.4, 0.5) is 18.8 Å². The quantitative estimate of drug-likeness (QED) is 0.129. The summed E-state index contributed by atoms with van der Waals surface area (Å²) in [5, 5.41) is 5.45. The van der Waals surface area contributed by atoms with Crippen LogP contribution < -0.4 is 10.6 Å². The zero-order chi connectivity index (χ0) is 47.4. The molecule has 9 unspecified atom stereocenters. The molecule has 4 aliphatic heterocycles. The summed E-state index contributed by atoms with van der Waals surface area (Å²) < 4.78 is 73.6. The van der Waals surface area contributed by atoms with Crippen LogP contribution >= 0.6 is 0 Å². The van der Waals surface area contributed by atoms with E-state index >= 15 is 4.39 Å². The van der Waals surface area contributed by atoms with Gasteiger partial charge in [-0.3, -0.25) is 4.90 Å². The van der Waals surface area contributed by atoms with Gasteiger partial charge in [0.2, 0.25) is 0 Å². The van der Waals surface area contributed by atoms with E-state index in [1.54, 1.807) is 73.8 Å². The average Bonchev–Trinajstić information content (AvgIpc) is 3.64. The molecule has 17 heteroatoms. The molecule has 0 aromatic heterocycles. The van der Waals surface area contributed by atoms with Crippen molar-refractivity contribution < 1.29 is 66.2 Å². The number of halogens is 1. The minimum absolute atomic E-state index is 0.0115. The molecule has 2 N–H and O–H groups in total. The zero-order valence-corrected chi connectivity index (χ0v) is 38.6. The second-order valence-electron chi connectivity index (χ2n) is 18.5. The van der Waals surface area contributed by atoms with E-state index in [1.165, 1.54) is 17.0 Å². The van der Waals surface area contributed by atoms with Crippen LogP contribution in [0.1, 0.15) is 75.4 Å². The van der Waals surface area contributed by atoms with Crippen molar-refractivity contribution >= 4 is 24.2 Å². The average molecular weight is 932 g/mol. The number of rotatable bonds is 13. The van der Waals surface area contributed by atoms with Crippen molar-refractivity contribution in [3.63, 3.8) is 0 Å². The highest BCUT2D eigenvalue weighted by Crippen LogP contribution is 2.44. The number of amides is 3. The first-order chi connectivity index (χ1) is 32.3. The topological polar surface area (TPSA) is 179 Å². The molecule has 362 valence electrons. The van der Waals surface area contributed by atoms with Crippen molar-refractivity contribution in [1.29, 1.82) is 0 Å². The standard InChI is InChI=1S/C50H62FN3O13/c1-7-36-29(4)28(3)30(5)46(61-36)67-47-39-43(66-50(58)54(39)6)42-37(62-47)23-27(2)45(65-42)64-41-35(53-49(57)60-26-32-19-13-9-14-20-32)24-34(52-48(56)59-25-31-17-11-8-12-18-31)40(38(41)51)63-44(55)33-21-15-10-16-22-33/h8-22,27-30,34-43,45-47H,7,23-26H2,1-6H3,(H,52,56)(H,53,57)/t27?,28-,29-,30?,34+,35?,36?,37-,38+,39?,40?,41+,42?,43?,45-,46+,47?/m0/s1. The Morgan fingerprint density at radius 2 is 1.27 bits per heavy atom. The summed E-state index contributed by atoms with van der Waals surface area (Å²) in [7, 11) is 1.61. The van der Waals surface area contributed by atoms with Crippen molar-refractivity contribution in [2.45, 2.75) is 147 Å². The minimum atomic E-state index is -2.16. The molecule has 3 aromatic rings. The highest BCUT2D eigenvalue weighted by Gasteiger charge is 2.60. The first-order valence-electron chi connectivity index (χ1n) is 23.3. The molecule has 1 saturated carbocycles. The Balaban J connectivity index is 1.04. The Hall–Kier alpha value is -5.33. The fourth-order valence-corrected chi connectivity index (χ4v) is 9.92. The molecule has 8 rings (SSSR count). The Kier molecular flexibility index (Phi) is 15.3. The zero-order valence-electron chi connectivity index (χ0n) is 38.6. The van der Waals surface area contributed by atoms with E-state index in [1.807, 2.05) is 19.1 Å². The molecule has 17 atom stereocenters. The van der Waals surface area contributed by atoms with E-state index in [2.05, 4.69) is 38.3 Å². The number of hydrogen-bond acceptors (Lipinski definition) is 13. The van der Waals surface area contributed by atoms with Gasteiger partial charge >= 0.3 is 24.2 Å². The largest absolute Gasteiger partial charge is 0.453 e. The number of nitrogens with zero attached hydrogens (tertiary/aromatic N) is 1. The van der Waals surface area contributed by atoms with Gasteiger partial charge in [0.25, 0.3) is 0 Å². The fraction of sp³-hybridized carbons (Fsp3) is 0.560. The number of likely N-dealkylation sites (N-methyl/N-ethyl adjacent to an activating group) is 1. The number of alkyl halides is 1. The van der Waals surface area contributed by atoms with Gasteiger partial charge in [-0.05, 0) is 54.4 Å². The number of fused-ring (bicyclic) bond motifs is 3. The van der Waals surface area contributed by atoms with Crippen molar-refractivity contribution in [1.82, 2.24) is 15.5 Å². The molecule has 16 nitrogen and oxygen atoms in total. The molecule has 4 heterocycles. The summed E-state index contributed by atoms with van der Waals surface area (Å²) in [6, 6.07) is 23.0. The molecular formula is C50H62FN3O13. The fourth-order valence-electron chi connectivity index (χ4n) is 9.92. The molecule has 5 aliphatic rings. The number of carbonyl (C=O) groups is 4. The van der Waals surface area contributed by atoms with Gasteiger partial charge in [0, 0.05) is 18.9 Å². The monoisotopic (exact) mass is 931 g/mol. The normalized spacial score (nSPS) is 35.8. The highest BCUT2D eigenvalue weighted by atomic mass is 19.1. The number of carbonyl (C=O) groups excluding carboxylic acids is 4. The summed E-state index contributed by atoms with van der Waals surface area (Å²) in [6.07, 6.45) is -11.7. The molecule has 5 fully saturated rings. The second-order valence-corrected chi connectivity index (χ2v) is 18.5. The maximum absolute atomic E-state index is 17.7. The molecule has 4 saturated heterocycles. The molecule has 3 amide bonds. The lowest BCUT2D eigenvalue weighted by Gasteiger charge is -2.51. The minimum Gasteiger partial charge on any atom is -0.453 e. The van der Waals surface area contributed by atoms with E-state index in [0.29, 0.717) is 23.8 Å². The van der Waals surface area contributed by atoms with Gasteiger partial charge in [-0.25, -0.2) is 23.6 Å². The van der Waals surface area contributed by atoms with Crippen molar-refractivity contribution in [2.24, 2.45) is 23.7 Å². The maximum atomic E-state index is 17.7. The van der Waals surface area contributed by atoms with Crippen LogP contribution in [-0.2, 0) is 55.8 Å². The first-order valence-corrected chi connectivity index (χ1v) is 23.3. The third-order valence-electron chi connectivity index (χ3n) is 14.1. The number of nitrogens with one attached hydrogen (secondary N) is 2. The second kappa shape index (κ2) is 21.3. The summed E-state index contributed by atoms with van der Waals surface area (Å²) in [5.41, 5.74) is 1.59. The van der Waals surface area contributed by atoms with Gasteiger partial charge in [0.05, 0.1) is 29.9 Å². The lowest BCUT2D eigenvalue weighted by Crippen LogP contribution is -2.67.